The number of carboxylic acid groups (broad SMARTS) is 1. The van der Waals surface area contributed by atoms with Crippen LogP contribution >= 0.6 is 0 Å². The zero-order valence-electron chi connectivity index (χ0n) is 23.5. The molecule has 3 aromatic rings. The first-order chi connectivity index (χ1) is 19.4. The molecule has 5 heteroatoms. The maximum atomic E-state index is 11.9. The fourth-order valence-corrected chi connectivity index (χ4v) is 8.30. The first-order valence-corrected chi connectivity index (χ1v) is 15.1. The van der Waals surface area contributed by atoms with Gasteiger partial charge in [-0.05, 0) is 134 Å². The van der Waals surface area contributed by atoms with Crippen molar-refractivity contribution in [3.05, 3.63) is 65.7 Å². The Hall–Kier alpha value is -3.34. The predicted octanol–water partition coefficient (Wildman–Crippen LogP) is 8.18. The number of aromatic carboxylic acids is 1. The molecule has 4 fully saturated rings. The maximum Gasteiger partial charge on any atom is 0.336 e. The number of hydrogen-bond donors (Lipinski definition) is 1. The standard InChI is InChI=1S/C35H40O5/c1-2-39-33(36)10-4-3-7-13-40-32-19-26-11-12-27(29-8-5-6-9-30(29)34(37)38)17-28(26)18-31(32)35-20-23-14-24(21-35)16-25(15-23)22-35/h5-6,8-9,11-12,17-19,23-25H,2-4,7,10,13-16,20-22H2,1H3,(H,37,38). The van der Waals surface area contributed by atoms with E-state index in [1.807, 2.05) is 25.1 Å². The molecule has 1 N–H and O–H groups in total. The van der Waals surface area contributed by atoms with Gasteiger partial charge >= 0.3 is 11.9 Å². The van der Waals surface area contributed by atoms with Crippen LogP contribution in [0.3, 0.4) is 0 Å². The third kappa shape index (κ3) is 5.35. The third-order valence-electron chi connectivity index (χ3n) is 9.60. The molecule has 0 saturated heterocycles. The normalized spacial score (nSPS) is 24.8. The SMILES string of the molecule is CCOC(=O)CCCCCOc1cc2ccc(-c3ccccc3C(=O)O)cc2cc1C12CC3CC(CC(C3)C1)C2. The van der Waals surface area contributed by atoms with E-state index in [-0.39, 0.29) is 11.4 Å². The van der Waals surface area contributed by atoms with E-state index in [2.05, 4.69) is 24.3 Å². The Morgan fingerprint density at radius 1 is 0.875 bits per heavy atom. The lowest BCUT2D eigenvalue weighted by Gasteiger charge is -2.57. The molecule has 0 atom stereocenters. The van der Waals surface area contributed by atoms with Gasteiger partial charge in [0.05, 0.1) is 18.8 Å². The summed E-state index contributed by atoms with van der Waals surface area (Å²) in [6.07, 6.45) is 11.1. The van der Waals surface area contributed by atoms with Gasteiger partial charge in [0.2, 0.25) is 0 Å². The average Bonchev–Trinajstić information content (AvgIpc) is 2.93. The van der Waals surface area contributed by atoms with Gasteiger partial charge in [0.1, 0.15) is 5.75 Å². The number of fused-ring (bicyclic) bond motifs is 1. The monoisotopic (exact) mass is 540 g/mol. The van der Waals surface area contributed by atoms with E-state index in [1.54, 1.807) is 12.1 Å². The molecule has 210 valence electrons. The second-order valence-corrected chi connectivity index (χ2v) is 12.4. The van der Waals surface area contributed by atoms with Gasteiger partial charge in [-0.1, -0.05) is 30.3 Å². The summed E-state index contributed by atoms with van der Waals surface area (Å²) in [5, 5.41) is 12.0. The number of benzene rings is 3. The molecular formula is C35H40O5. The van der Waals surface area contributed by atoms with Crippen LogP contribution < -0.4 is 4.74 Å². The Morgan fingerprint density at radius 2 is 1.60 bits per heavy atom. The number of rotatable bonds is 11. The van der Waals surface area contributed by atoms with Gasteiger partial charge in [0.25, 0.3) is 0 Å². The van der Waals surface area contributed by atoms with Gasteiger partial charge in [-0.3, -0.25) is 4.79 Å². The first kappa shape index (κ1) is 26.9. The molecule has 0 unspecified atom stereocenters. The van der Waals surface area contributed by atoms with Crippen LogP contribution in [0.1, 0.15) is 87.1 Å². The maximum absolute atomic E-state index is 11.9. The van der Waals surface area contributed by atoms with Crippen molar-refractivity contribution in [1.29, 1.82) is 0 Å². The molecule has 0 aliphatic heterocycles. The smallest absolute Gasteiger partial charge is 0.336 e. The van der Waals surface area contributed by atoms with Crippen molar-refractivity contribution in [2.24, 2.45) is 17.8 Å². The number of hydrogen-bond acceptors (Lipinski definition) is 4. The molecule has 0 radical (unpaired) electrons. The van der Waals surface area contributed by atoms with Crippen molar-refractivity contribution in [3.8, 4) is 16.9 Å². The Bertz CT molecular complexity index is 1370. The van der Waals surface area contributed by atoms with Crippen LogP contribution in [0.4, 0.5) is 0 Å². The molecule has 4 bridgehead atoms. The highest BCUT2D eigenvalue weighted by Gasteiger charge is 2.52. The van der Waals surface area contributed by atoms with E-state index < -0.39 is 5.97 Å². The Labute approximate surface area is 236 Å². The summed E-state index contributed by atoms with van der Waals surface area (Å²) in [5.74, 6) is 2.46. The molecule has 40 heavy (non-hydrogen) atoms. The number of ether oxygens (including phenoxy) is 2. The van der Waals surface area contributed by atoms with Gasteiger partial charge in [-0.25, -0.2) is 4.79 Å². The average molecular weight is 541 g/mol. The van der Waals surface area contributed by atoms with E-state index in [9.17, 15) is 14.7 Å². The minimum absolute atomic E-state index is 0.118. The molecule has 0 heterocycles. The van der Waals surface area contributed by atoms with Crippen molar-refractivity contribution >= 4 is 22.7 Å². The van der Waals surface area contributed by atoms with Gasteiger partial charge in [-0.2, -0.15) is 0 Å². The van der Waals surface area contributed by atoms with Crippen LogP contribution in [-0.4, -0.2) is 30.3 Å². The molecule has 0 aromatic heterocycles. The topological polar surface area (TPSA) is 72.8 Å². The fourth-order valence-electron chi connectivity index (χ4n) is 8.30. The van der Waals surface area contributed by atoms with Gasteiger partial charge in [-0.15, -0.1) is 0 Å². The first-order valence-electron chi connectivity index (χ1n) is 15.1. The lowest BCUT2D eigenvalue weighted by Crippen LogP contribution is -2.48. The highest BCUT2D eigenvalue weighted by Crippen LogP contribution is 2.62. The van der Waals surface area contributed by atoms with Crippen LogP contribution in [0.25, 0.3) is 21.9 Å². The van der Waals surface area contributed by atoms with E-state index >= 15 is 0 Å². The number of carbonyl (C=O) groups is 2. The number of carbonyl (C=O) groups excluding carboxylic acids is 1. The summed E-state index contributed by atoms with van der Waals surface area (Å²) < 4.78 is 11.6. The number of carboxylic acids is 1. The third-order valence-corrected chi connectivity index (χ3v) is 9.60. The summed E-state index contributed by atoms with van der Waals surface area (Å²) in [6, 6.07) is 18.1. The highest BCUT2D eigenvalue weighted by atomic mass is 16.5. The van der Waals surface area contributed by atoms with Crippen LogP contribution in [0.2, 0.25) is 0 Å². The summed E-state index contributed by atoms with van der Waals surface area (Å²) >= 11 is 0. The lowest BCUT2D eigenvalue weighted by molar-refractivity contribution is -0.143. The quantitative estimate of drug-likeness (QED) is 0.196. The van der Waals surface area contributed by atoms with E-state index in [4.69, 9.17) is 9.47 Å². The summed E-state index contributed by atoms with van der Waals surface area (Å²) in [4.78, 5) is 23.6. The number of unbranched alkanes of at least 4 members (excludes halogenated alkanes) is 2. The minimum atomic E-state index is -0.907. The lowest BCUT2D eigenvalue weighted by atomic mass is 9.48. The van der Waals surface area contributed by atoms with Crippen molar-refractivity contribution in [1.82, 2.24) is 0 Å². The molecule has 4 saturated carbocycles. The molecule has 7 rings (SSSR count). The molecular weight excluding hydrogens is 500 g/mol. The van der Waals surface area contributed by atoms with Crippen molar-refractivity contribution in [2.45, 2.75) is 76.5 Å². The minimum Gasteiger partial charge on any atom is -0.493 e. The van der Waals surface area contributed by atoms with Gasteiger partial charge in [0, 0.05) is 12.0 Å². The van der Waals surface area contributed by atoms with Crippen molar-refractivity contribution in [2.75, 3.05) is 13.2 Å². The van der Waals surface area contributed by atoms with Gasteiger partial charge in [0.15, 0.2) is 0 Å². The molecule has 0 amide bonds. The second-order valence-electron chi connectivity index (χ2n) is 12.4. The number of esters is 1. The largest absolute Gasteiger partial charge is 0.493 e. The van der Waals surface area contributed by atoms with Gasteiger partial charge < -0.3 is 14.6 Å². The van der Waals surface area contributed by atoms with Crippen molar-refractivity contribution < 1.29 is 24.2 Å². The van der Waals surface area contributed by atoms with E-state index in [1.165, 1.54) is 44.1 Å². The van der Waals surface area contributed by atoms with Crippen molar-refractivity contribution in [3.63, 3.8) is 0 Å². The zero-order valence-corrected chi connectivity index (χ0v) is 23.5. The van der Waals surface area contributed by atoms with Crippen LogP contribution in [0, 0.1) is 17.8 Å². The Morgan fingerprint density at radius 3 is 2.30 bits per heavy atom. The summed E-state index contributed by atoms with van der Waals surface area (Å²) in [6.45, 7) is 2.91. The molecule has 0 spiro atoms. The highest BCUT2D eigenvalue weighted by molar-refractivity contribution is 5.98. The summed E-state index contributed by atoms with van der Waals surface area (Å²) in [5.41, 5.74) is 3.53. The fraction of sp³-hybridized carbons (Fsp3) is 0.486. The summed E-state index contributed by atoms with van der Waals surface area (Å²) in [7, 11) is 0. The zero-order chi connectivity index (χ0) is 27.7. The van der Waals surface area contributed by atoms with E-state index in [0.29, 0.717) is 25.2 Å². The molecule has 5 nitrogen and oxygen atoms in total. The molecule has 4 aliphatic carbocycles. The van der Waals surface area contributed by atoms with Crippen LogP contribution in [-0.2, 0) is 14.9 Å². The molecule has 3 aromatic carbocycles. The van der Waals surface area contributed by atoms with Crippen LogP contribution in [0.5, 0.6) is 5.75 Å². The second kappa shape index (κ2) is 11.3. The van der Waals surface area contributed by atoms with Crippen LogP contribution in [0.15, 0.2) is 54.6 Å². The van der Waals surface area contributed by atoms with E-state index in [0.717, 1.165) is 64.7 Å². The Kier molecular flexibility index (Phi) is 7.57. The predicted molar refractivity (Wildman–Crippen MR) is 157 cm³/mol. The molecule has 4 aliphatic rings. The Balaban J connectivity index is 1.30.